The highest BCUT2D eigenvalue weighted by Gasteiger charge is 2.58. The number of hydrogen-bond donors (Lipinski definition) is 1. The Morgan fingerprint density at radius 3 is 2.54 bits per heavy atom. The van der Waals surface area contributed by atoms with E-state index in [4.69, 9.17) is 11.2 Å². The van der Waals surface area contributed by atoms with Crippen molar-refractivity contribution in [2.75, 3.05) is 0 Å². The molecule has 4 aliphatic carbocycles. The lowest BCUT2D eigenvalue weighted by molar-refractivity contribution is -0.104. The van der Waals surface area contributed by atoms with Gasteiger partial charge in [-0.05, 0) is 55.2 Å². The van der Waals surface area contributed by atoms with E-state index in [1.165, 1.54) is 0 Å². The average Bonchev–Trinajstić information content (AvgIpc) is 1.89. The highest BCUT2D eigenvalue weighted by atomic mass is 14.8. The van der Waals surface area contributed by atoms with Crippen LogP contribution in [0.5, 0.6) is 0 Å². The molecule has 0 heterocycles. The molecular formula is C12H21N. The van der Waals surface area contributed by atoms with Gasteiger partial charge in [0.25, 0.3) is 0 Å². The van der Waals surface area contributed by atoms with Crippen molar-refractivity contribution in [1.29, 1.82) is 0 Å². The van der Waals surface area contributed by atoms with Gasteiger partial charge in [-0.25, -0.2) is 0 Å². The topological polar surface area (TPSA) is 26.0 Å². The lowest BCUT2D eigenvalue weighted by Gasteiger charge is -2.64. The molecule has 4 bridgehead atoms. The molecule has 0 radical (unpaired) electrons. The summed E-state index contributed by atoms with van der Waals surface area (Å²) in [5, 5.41) is 0. The molecule has 4 unspecified atom stereocenters. The Kier molecular flexibility index (Phi) is 0.784. The number of hydrogen-bond acceptors (Lipinski definition) is 1. The molecular weight excluding hydrogens is 158 g/mol. The van der Waals surface area contributed by atoms with Crippen LogP contribution in [0.25, 0.3) is 0 Å². The molecule has 74 valence electrons. The van der Waals surface area contributed by atoms with Crippen molar-refractivity contribution in [2.24, 2.45) is 22.5 Å². The van der Waals surface area contributed by atoms with Crippen LogP contribution in [0.15, 0.2) is 0 Å². The minimum absolute atomic E-state index is 0.0281. The second-order valence-corrected chi connectivity index (χ2v) is 6.26. The van der Waals surface area contributed by atoms with E-state index in [2.05, 4.69) is 6.92 Å². The first-order valence-electron chi connectivity index (χ1n) is 7.28. The largest absolute Gasteiger partial charge is 0.325 e. The van der Waals surface area contributed by atoms with Crippen molar-refractivity contribution in [1.82, 2.24) is 0 Å². The zero-order valence-electron chi connectivity index (χ0n) is 12.3. The van der Waals surface area contributed by atoms with Gasteiger partial charge < -0.3 is 5.73 Å². The summed E-state index contributed by atoms with van der Waals surface area (Å²) in [5.41, 5.74) is 5.28. The number of nitrogens with two attached hydrogens (primary N) is 1. The van der Waals surface area contributed by atoms with Crippen LogP contribution in [0.3, 0.4) is 0 Å². The van der Waals surface area contributed by atoms with Gasteiger partial charge in [-0.15, -0.1) is 0 Å². The van der Waals surface area contributed by atoms with Crippen LogP contribution in [0.2, 0.25) is 0 Å². The van der Waals surface area contributed by atoms with Crippen LogP contribution in [-0.4, -0.2) is 5.54 Å². The van der Waals surface area contributed by atoms with Gasteiger partial charge in [0.1, 0.15) is 0 Å². The SMILES string of the molecule is [2H]C12CC3(C)CC(N)(C1)CC(C([2H])([2H])[2H])(C2)C3. The maximum Gasteiger partial charge on any atom is 0.0304 e. The Balaban J connectivity index is 2.10. The van der Waals surface area contributed by atoms with E-state index in [9.17, 15) is 0 Å². The van der Waals surface area contributed by atoms with Crippen LogP contribution in [0, 0.1) is 16.7 Å². The predicted molar refractivity (Wildman–Crippen MR) is 54.3 cm³/mol. The van der Waals surface area contributed by atoms with E-state index in [1.807, 2.05) is 0 Å². The van der Waals surface area contributed by atoms with Crippen LogP contribution >= 0.6 is 0 Å². The molecule has 4 rings (SSSR count). The summed E-state index contributed by atoms with van der Waals surface area (Å²) < 4.78 is 32.1. The Labute approximate surface area is 86.7 Å². The van der Waals surface area contributed by atoms with E-state index in [-0.39, 0.29) is 5.41 Å². The molecule has 4 saturated carbocycles. The Morgan fingerprint density at radius 1 is 1.23 bits per heavy atom. The summed E-state index contributed by atoms with van der Waals surface area (Å²) in [4.78, 5) is 0. The summed E-state index contributed by atoms with van der Waals surface area (Å²) in [6, 6.07) is 0. The first-order valence-corrected chi connectivity index (χ1v) is 5.28. The quantitative estimate of drug-likeness (QED) is 0.614. The van der Waals surface area contributed by atoms with Gasteiger partial charge in [0.05, 0.1) is 0 Å². The lowest BCUT2D eigenvalue weighted by atomic mass is 9.43. The highest BCUT2D eigenvalue weighted by Crippen LogP contribution is 2.65. The van der Waals surface area contributed by atoms with Gasteiger partial charge in [-0.1, -0.05) is 13.8 Å². The monoisotopic (exact) mass is 183 g/mol. The fraction of sp³-hybridized carbons (Fsp3) is 1.00. The van der Waals surface area contributed by atoms with Gasteiger partial charge in [-0.2, -0.15) is 0 Å². The summed E-state index contributed by atoms with van der Waals surface area (Å²) in [5.74, 6) is -0.591. The molecule has 4 aliphatic rings. The minimum atomic E-state index is -1.97. The van der Waals surface area contributed by atoms with Crippen LogP contribution in [-0.2, 0) is 0 Å². The fourth-order valence-corrected chi connectivity index (χ4v) is 4.67. The van der Waals surface area contributed by atoms with E-state index >= 15 is 0 Å². The zero-order valence-corrected chi connectivity index (χ0v) is 8.32. The van der Waals surface area contributed by atoms with Gasteiger partial charge in [0.15, 0.2) is 0 Å². The molecule has 0 amide bonds. The van der Waals surface area contributed by atoms with Gasteiger partial charge >= 0.3 is 0 Å². The third kappa shape index (κ3) is 1.09. The summed E-state index contributed by atoms with van der Waals surface area (Å²) in [6.07, 6.45) is 4.26. The Hall–Kier alpha value is -0.0400. The van der Waals surface area contributed by atoms with Gasteiger partial charge in [0.2, 0.25) is 0 Å². The molecule has 4 atom stereocenters. The second-order valence-electron chi connectivity index (χ2n) is 6.26. The first kappa shape index (κ1) is 5.16. The molecule has 4 fully saturated rings. The molecule has 0 aromatic heterocycles. The first-order chi connectivity index (χ1) is 7.49. The predicted octanol–water partition coefficient (Wildman–Crippen LogP) is 2.69. The molecule has 13 heavy (non-hydrogen) atoms. The van der Waals surface area contributed by atoms with Crippen molar-refractivity contribution >= 4 is 0 Å². The van der Waals surface area contributed by atoms with Crippen molar-refractivity contribution in [3.05, 3.63) is 0 Å². The second kappa shape index (κ2) is 1.98. The molecule has 0 aromatic rings. The normalized spacial score (nSPS) is 75.5. The van der Waals surface area contributed by atoms with Crippen LogP contribution in [0.4, 0.5) is 0 Å². The van der Waals surface area contributed by atoms with Crippen molar-refractivity contribution in [3.8, 4) is 0 Å². The standard InChI is InChI=1S/C12H21N/c1-10-3-9-4-11(2,6-10)8-12(13,5-9)7-10/h9H,3-8,13H2,1-2H3/i1D3,9D. The molecule has 0 spiro atoms. The molecule has 1 heteroatoms. The van der Waals surface area contributed by atoms with Crippen molar-refractivity contribution in [3.63, 3.8) is 0 Å². The smallest absolute Gasteiger partial charge is 0.0304 e. The molecule has 0 aromatic carbocycles. The third-order valence-corrected chi connectivity index (χ3v) is 4.10. The summed E-state index contributed by atoms with van der Waals surface area (Å²) in [6.45, 7) is 0.169. The Morgan fingerprint density at radius 2 is 1.92 bits per heavy atom. The van der Waals surface area contributed by atoms with E-state index in [1.54, 1.807) is 0 Å². The van der Waals surface area contributed by atoms with Crippen molar-refractivity contribution < 1.29 is 5.48 Å². The fourth-order valence-electron chi connectivity index (χ4n) is 4.67. The van der Waals surface area contributed by atoms with Crippen LogP contribution < -0.4 is 5.73 Å². The number of rotatable bonds is 0. The molecule has 0 saturated heterocycles. The molecule has 0 aliphatic heterocycles. The van der Waals surface area contributed by atoms with E-state index in [0.29, 0.717) is 19.3 Å². The lowest BCUT2D eigenvalue weighted by Crippen LogP contribution is -2.62. The van der Waals surface area contributed by atoms with E-state index in [0.717, 1.165) is 19.3 Å². The summed E-state index contributed by atoms with van der Waals surface area (Å²) in [7, 11) is 0. The van der Waals surface area contributed by atoms with E-state index < -0.39 is 23.7 Å². The molecule has 2 N–H and O–H groups in total. The van der Waals surface area contributed by atoms with Crippen LogP contribution in [0.1, 0.15) is 57.8 Å². The molecule has 1 nitrogen and oxygen atoms in total. The zero-order chi connectivity index (χ0) is 12.7. The van der Waals surface area contributed by atoms with Gasteiger partial charge in [0, 0.05) is 11.0 Å². The minimum Gasteiger partial charge on any atom is -0.325 e. The van der Waals surface area contributed by atoms with Gasteiger partial charge in [-0.3, -0.25) is 0 Å². The third-order valence-electron chi connectivity index (χ3n) is 4.10. The highest BCUT2D eigenvalue weighted by molar-refractivity contribution is 5.12. The maximum atomic E-state index is 8.54. The van der Waals surface area contributed by atoms with Crippen molar-refractivity contribution in [2.45, 2.75) is 57.8 Å². The summed E-state index contributed by atoms with van der Waals surface area (Å²) >= 11 is 0. The maximum absolute atomic E-state index is 8.54. The average molecular weight is 183 g/mol. The Bertz CT molecular complexity index is 322.